The van der Waals surface area contributed by atoms with Crippen molar-refractivity contribution < 1.29 is 23.5 Å². The number of anilines is 1. The minimum atomic E-state index is -0.548. The van der Waals surface area contributed by atoms with E-state index in [2.05, 4.69) is 10.1 Å². The Morgan fingerprint density at radius 3 is 2.82 bits per heavy atom. The van der Waals surface area contributed by atoms with Crippen LogP contribution in [0.2, 0.25) is 5.15 Å². The molecule has 33 heavy (non-hydrogen) atoms. The number of halogens is 1. The van der Waals surface area contributed by atoms with Crippen LogP contribution in [0.1, 0.15) is 54.9 Å². The Morgan fingerprint density at radius 1 is 1.36 bits per heavy atom. The number of nitrogens with zero attached hydrogens (tertiary/aromatic N) is 4. The molecule has 2 atom stereocenters. The zero-order valence-electron chi connectivity index (χ0n) is 19.1. The van der Waals surface area contributed by atoms with Gasteiger partial charge in [-0.2, -0.15) is 5.10 Å². The summed E-state index contributed by atoms with van der Waals surface area (Å²) >= 11 is 6.28. The van der Waals surface area contributed by atoms with Gasteiger partial charge in [-0.15, -0.1) is 0 Å². The first kappa shape index (κ1) is 23.3. The predicted molar refractivity (Wildman–Crippen MR) is 123 cm³/mol. The van der Waals surface area contributed by atoms with Crippen molar-refractivity contribution in [2.75, 3.05) is 18.1 Å². The van der Waals surface area contributed by atoms with Gasteiger partial charge in [0, 0.05) is 25.9 Å². The van der Waals surface area contributed by atoms with Gasteiger partial charge in [-0.25, -0.2) is 9.78 Å². The number of furan rings is 1. The van der Waals surface area contributed by atoms with Crippen LogP contribution in [-0.4, -0.2) is 52.0 Å². The quantitative estimate of drug-likeness (QED) is 0.378. The lowest BCUT2D eigenvalue weighted by molar-refractivity contribution is 0.00468. The zero-order chi connectivity index (χ0) is 23.7. The molecule has 9 nitrogen and oxygen atoms in total. The molecular weight excluding hydrogens is 448 g/mol. The number of pyridine rings is 1. The van der Waals surface area contributed by atoms with E-state index in [1.807, 2.05) is 6.92 Å². The lowest BCUT2D eigenvalue weighted by Gasteiger charge is -2.36. The van der Waals surface area contributed by atoms with Crippen LogP contribution in [-0.2, 0) is 16.5 Å². The summed E-state index contributed by atoms with van der Waals surface area (Å²) in [5.41, 5.74) is 1.60. The summed E-state index contributed by atoms with van der Waals surface area (Å²) in [6.45, 7) is 6.23. The molecule has 1 amide bonds. The fraction of sp³-hybridized carbons (Fsp3) is 0.478. The summed E-state index contributed by atoms with van der Waals surface area (Å²) in [5, 5.41) is 4.87. The average molecular weight is 475 g/mol. The first-order chi connectivity index (χ1) is 15.8. The molecule has 0 aromatic carbocycles. The summed E-state index contributed by atoms with van der Waals surface area (Å²) < 4.78 is 18.9. The van der Waals surface area contributed by atoms with E-state index in [-0.39, 0.29) is 29.7 Å². The lowest BCUT2D eigenvalue weighted by atomic mass is 9.98. The van der Waals surface area contributed by atoms with Crippen molar-refractivity contribution in [2.24, 2.45) is 7.05 Å². The number of amides is 1. The van der Waals surface area contributed by atoms with Gasteiger partial charge in [0.2, 0.25) is 5.78 Å². The van der Waals surface area contributed by atoms with Gasteiger partial charge in [0.25, 0.3) is 0 Å². The summed E-state index contributed by atoms with van der Waals surface area (Å²) in [4.78, 5) is 32.6. The van der Waals surface area contributed by atoms with Crippen molar-refractivity contribution in [3.63, 3.8) is 0 Å². The number of ketones is 1. The van der Waals surface area contributed by atoms with Crippen molar-refractivity contribution in [2.45, 2.75) is 52.2 Å². The van der Waals surface area contributed by atoms with E-state index >= 15 is 0 Å². The highest BCUT2D eigenvalue weighted by molar-refractivity contribution is 6.30. The monoisotopic (exact) mass is 474 g/mol. The van der Waals surface area contributed by atoms with Crippen LogP contribution in [0.15, 0.2) is 22.9 Å². The number of hydrogen-bond donors (Lipinski definition) is 0. The second-order valence-corrected chi connectivity index (χ2v) is 8.45. The van der Waals surface area contributed by atoms with E-state index in [4.69, 9.17) is 25.5 Å². The molecule has 0 spiro atoms. The Bertz CT molecular complexity index is 1190. The molecule has 1 fully saturated rings. The highest BCUT2D eigenvalue weighted by Crippen LogP contribution is 2.40. The van der Waals surface area contributed by atoms with E-state index < -0.39 is 11.9 Å². The number of rotatable bonds is 6. The number of ether oxygens (including phenoxy) is 2. The van der Waals surface area contributed by atoms with Crippen LogP contribution >= 0.6 is 11.6 Å². The third-order valence-electron chi connectivity index (χ3n) is 5.82. The molecule has 0 aliphatic carbocycles. The minimum Gasteiger partial charge on any atom is -0.449 e. The molecule has 3 aromatic rings. The largest absolute Gasteiger partial charge is 0.449 e. The third kappa shape index (κ3) is 4.47. The van der Waals surface area contributed by atoms with E-state index in [1.165, 1.54) is 10.9 Å². The van der Waals surface area contributed by atoms with Crippen molar-refractivity contribution in [1.29, 1.82) is 0 Å². The van der Waals surface area contributed by atoms with Crippen molar-refractivity contribution in [3.05, 3.63) is 40.6 Å². The van der Waals surface area contributed by atoms with Crippen LogP contribution in [0.25, 0.3) is 11.0 Å². The average Bonchev–Trinajstić information content (AvgIpc) is 3.38. The van der Waals surface area contributed by atoms with Crippen molar-refractivity contribution in [1.82, 2.24) is 14.8 Å². The second kappa shape index (κ2) is 9.52. The second-order valence-electron chi connectivity index (χ2n) is 8.07. The first-order valence-electron chi connectivity index (χ1n) is 11.0. The molecule has 4 rings (SSSR count). The molecule has 3 aromatic heterocycles. The number of carbonyl (C=O) groups excluding carboxylic acids is 2. The normalized spacial score (nSPS) is 18.5. The van der Waals surface area contributed by atoms with Gasteiger partial charge in [-0.3, -0.25) is 14.4 Å². The maximum atomic E-state index is 13.5. The molecule has 1 aliphatic rings. The molecule has 0 saturated carbocycles. The maximum absolute atomic E-state index is 13.5. The lowest BCUT2D eigenvalue weighted by Crippen LogP contribution is -2.46. The SMILES string of the molecule is CCOC(=O)N(c1c(C(=O)c2cnn(C)c2)oc2c(C)nc(Cl)cc12)[C@H]1CCO[C@@H](CC)C1. The van der Waals surface area contributed by atoms with Gasteiger partial charge in [-0.05, 0) is 39.2 Å². The fourth-order valence-corrected chi connectivity index (χ4v) is 4.49. The van der Waals surface area contributed by atoms with Crippen LogP contribution < -0.4 is 4.90 Å². The molecule has 0 bridgehead atoms. The molecule has 4 heterocycles. The van der Waals surface area contributed by atoms with Gasteiger partial charge in [-0.1, -0.05) is 18.5 Å². The van der Waals surface area contributed by atoms with Gasteiger partial charge in [0.1, 0.15) is 10.8 Å². The van der Waals surface area contributed by atoms with Crippen LogP contribution in [0.5, 0.6) is 0 Å². The topological polar surface area (TPSA) is 99.7 Å². The maximum Gasteiger partial charge on any atom is 0.414 e. The molecule has 1 aliphatic heterocycles. The summed E-state index contributed by atoms with van der Waals surface area (Å²) in [7, 11) is 1.72. The van der Waals surface area contributed by atoms with Crippen molar-refractivity contribution in [3.8, 4) is 0 Å². The number of aromatic nitrogens is 3. The van der Waals surface area contributed by atoms with E-state index in [0.29, 0.717) is 47.4 Å². The summed E-state index contributed by atoms with van der Waals surface area (Å²) in [6, 6.07) is 1.38. The van der Waals surface area contributed by atoms with E-state index in [9.17, 15) is 9.59 Å². The first-order valence-corrected chi connectivity index (χ1v) is 11.4. The molecule has 1 saturated heterocycles. The molecule has 0 radical (unpaired) electrons. The predicted octanol–water partition coefficient (Wildman–Crippen LogP) is 4.67. The smallest absolute Gasteiger partial charge is 0.414 e. The van der Waals surface area contributed by atoms with Crippen LogP contribution in [0.3, 0.4) is 0 Å². The minimum absolute atomic E-state index is 0.00306. The Morgan fingerprint density at radius 2 is 2.15 bits per heavy atom. The standard InChI is InChI=1S/C23H27ClN4O5/c1-5-16-9-15(7-8-32-16)28(23(30)31-6-2)19-17-10-18(24)26-13(3)21(17)33-22(19)20(29)14-11-25-27(4)12-14/h10-12,15-16H,5-9H2,1-4H3/t15-,16-/m0/s1. The molecule has 10 heteroatoms. The van der Waals surface area contributed by atoms with Crippen molar-refractivity contribution >= 4 is 40.1 Å². The number of hydrogen-bond acceptors (Lipinski definition) is 7. The molecule has 0 N–H and O–H groups in total. The summed E-state index contributed by atoms with van der Waals surface area (Å²) in [6.07, 6.45) is 4.55. The van der Waals surface area contributed by atoms with Crippen LogP contribution in [0, 0.1) is 6.92 Å². The Kier molecular flexibility index (Phi) is 6.71. The van der Waals surface area contributed by atoms with E-state index in [0.717, 1.165) is 6.42 Å². The number of fused-ring (bicyclic) bond motifs is 1. The Balaban J connectivity index is 1.94. The van der Waals surface area contributed by atoms with Gasteiger partial charge in [0.15, 0.2) is 11.3 Å². The molecule has 176 valence electrons. The fourth-order valence-electron chi connectivity index (χ4n) is 4.26. The zero-order valence-corrected chi connectivity index (χ0v) is 19.9. The highest BCUT2D eigenvalue weighted by atomic mass is 35.5. The van der Waals surface area contributed by atoms with E-state index in [1.54, 1.807) is 38.1 Å². The highest BCUT2D eigenvalue weighted by Gasteiger charge is 2.38. The third-order valence-corrected chi connectivity index (χ3v) is 6.02. The van der Waals surface area contributed by atoms with Gasteiger partial charge < -0.3 is 13.9 Å². The van der Waals surface area contributed by atoms with Gasteiger partial charge >= 0.3 is 6.09 Å². The Labute approximate surface area is 196 Å². The Hall–Kier alpha value is -2.91. The molecule has 0 unspecified atom stereocenters. The molecular formula is C23H27ClN4O5. The van der Waals surface area contributed by atoms with Crippen LogP contribution in [0.4, 0.5) is 10.5 Å². The number of carbonyl (C=O) groups is 2. The summed E-state index contributed by atoms with van der Waals surface area (Å²) in [5.74, 6) is -0.365. The van der Waals surface area contributed by atoms with Gasteiger partial charge in [0.05, 0.1) is 35.6 Å². The number of aryl methyl sites for hydroxylation is 2.